The largest absolute Gasteiger partial charge is 0.347 e. The highest BCUT2D eigenvalue weighted by Crippen LogP contribution is 2.43. The maximum atomic E-state index is 13.8. The first-order chi connectivity index (χ1) is 16.7. The molecular formula is C28H31N5O. The molecule has 174 valence electrons. The molecule has 0 bridgehead atoms. The highest BCUT2D eigenvalue weighted by atomic mass is 16.2. The number of aromatic nitrogens is 2. The van der Waals surface area contributed by atoms with Crippen LogP contribution in [0, 0.1) is 11.3 Å². The molecule has 1 aliphatic carbocycles. The molecule has 1 atom stereocenters. The highest BCUT2D eigenvalue weighted by Gasteiger charge is 2.45. The summed E-state index contributed by atoms with van der Waals surface area (Å²) in [5.41, 5.74) is 3.77. The third kappa shape index (κ3) is 4.36. The van der Waals surface area contributed by atoms with Gasteiger partial charge in [0.1, 0.15) is 0 Å². The van der Waals surface area contributed by atoms with Gasteiger partial charge in [-0.2, -0.15) is 5.26 Å². The fraction of sp³-hybridized carbons (Fsp3) is 0.393. The first kappa shape index (κ1) is 22.4. The second-order valence-corrected chi connectivity index (χ2v) is 9.52. The second-order valence-electron chi connectivity index (χ2n) is 9.52. The molecule has 0 spiro atoms. The van der Waals surface area contributed by atoms with Crippen molar-refractivity contribution in [1.29, 1.82) is 5.26 Å². The van der Waals surface area contributed by atoms with Crippen molar-refractivity contribution in [1.82, 2.24) is 19.8 Å². The first-order valence-electron chi connectivity index (χ1n) is 12.3. The van der Waals surface area contributed by atoms with E-state index in [1.807, 2.05) is 36.5 Å². The topological polar surface area (TPSA) is 76.0 Å². The van der Waals surface area contributed by atoms with Crippen molar-refractivity contribution in [3.63, 3.8) is 0 Å². The molecule has 2 heterocycles. The van der Waals surface area contributed by atoms with Crippen molar-refractivity contribution < 1.29 is 4.79 Å². The van der Waals surface area contributed by atoms with Gasteiger partial charge in [0.2, 0.25) is 5.91 Å². The van der Waals surface area contributed by atoms with E-state index in [1.165, 1.54) is 11.1 Å². The third-order valence-electron chi connectivity index (χ3n) is 7.63. The van der Waals surface area contributed by atoms with Crippen LogP contribution in [-0.4, -0.2) is 51.9 Å². The van der Waals surface area contributed by atoms with Gasteiger partial charge in [0.05, 0.1) is 35.1 Å². The Morgan fingerprint density at radius 2 is 1.74 bits per heavy atom. The monoisotopic (exact) mass is 453 g/mol. The van der Waals surface area contributed by atoms with Gasteiger partial charge in [0.25, 0.3) is 0 Å². The summed E-state index contributed by atoms with van der Waals surface area (Å²) in [5, 5.41) is 9.10. The molecule has 1 N–H and O–H groups in total. The Kier molecular flexibility index (Phi) is 6.46. The quantitative estimate of drug-likeness (QED) is 0.606. The van der Waals surface area contributed by atoms with Crippen LogP contribution in [0.3, 0.4) is 0 Å². The van der Waals surface area contributed by atoms with Crippen molar-refractivity contribution in [2.45, 2.75) is 43.6 Å². The molecule has 3 aromatic rings. The average molecular weight is 454 g/mol. The third-order valence-corrected chi connectivity index (χ3v) is 7.63. The minimum atomic E-state index is -0.352. The number of rotatable bonds is 6. The summed E-state index contributed by atoms with van der Waals surface area (Å²) in [5.74, 6) is 0.307. The minimum absolute atomic E-state index is 0.155. The molecule has 5 rings (SSSR count). The molecule has 1 unspecified atom stereocenters. The first-order valence-corrected chi connectivity index (χ1v) is 12.3. The summed E-state index contributed by atoms with van der Waals surface area (Å²) < 4.78 is 0. The molecule has 0 radical (unpaired) electrons. The van der Waals surface area contributed by atoms with Gasteiger partial charge >= 0.3 is 0 Å². The standard InChI is InChI=1S/C28H31N5O/c29-19-23-10-8-22(9-11-23)18-26(25-20-30-21-31-25)32-14-16-33(17-15-32)27(34)28(12-4-5-13-28)24-6-2-1-3-7-24/h1-3,6-11,20-21,26H,4-5,12-18H2,(H,30,31). The minimum Gasteiger partial charge on any atom is -0.347 e. The van der Waals surface area contributed by atoms with Crippen LogP contribution in [0.1, 0.15) is 54.1 Å². The van der Waals surface area contributed by atoms with Crippen molar-refractivity contribution >= 4 is 5.91 Å². The van der Waals surface area contributed by atoms with Crippen LogP contribution in [0.2, 0.25) is 0 Å². The van der Waals surface area contributed by atoms with E-state index in [0.717, 1.165) is 64.0 Å². The van der Waals surface area contributed by atoms with E-state index in [0.29, 0.717) is 11.5 Å². The van der Waals surface area contributed by atoms with E-state index in [4.69, 9.17) is 5.26 Å². The van der Waals surface area contributed by atoms with Gasteiger partial charge in [-0.05, 0) is 42.5 Å². The number of nitrogens with one attached hydrogen (secondary N) is 1. The summed E-state index contributed by atoms with van der Waals surface area (Å²) in [6, 6.07) is 20.6. The maximum Gasteiger partial charge on any atom is 0.233 e. The van der Waals surface area contributed by atoms with Gasteiger partial charge in [-0.3, -0.25) is 9.69 Å². The zero-order chi connectivity index (χ0) is 23.4. The van der Waals surface area contributed by atoms with Crippen molar-refractivity contribution in [2.75, 3.05) is 26.2 Å². The molecule has 34 heavy (non-hydrogen) atoms. The van der Waals surface area contributed by atoms with E-state index in [2.05, 4.69) is 50.1 Å². The van der Waals surface area contributed by atoms with Crippen LogP contribution in [0.4, 0.5) is 0 Å². The molecule has 2 fully saturated rings. The van der Waals surface area contributed by atoms with Crippen molar-refractivity contribution in [3.05, 3.63) is 89.5 Å². The lowest BCUT2D eigenvalue weighted by Crippen LogP contribution is -2.54. The van der Waals surface area contributed by atoms with Gasteiger partial charge in [-0.1, -0.05) is 55.3 Å². The van der Waals surface area contributed by atoms with Crippen molar-refractivity contribution in [3.8, 4) is 6.07 Å². The molecule has 1 aliphatic heterocycles. The number of carbonyl (C=O) groups is 1. The second kappa shape index (κ2) is 9.82. The lowest BCUT2D eigenvalue weighted by molar-refractivity contribution is -0.139. The van der Waals surface area contributed by atoms with Gasteiger partial charge in [0.15, 0.2) is 0 Å². The summed E-state index contributed by atoms with van der Waals surface area (Å²) in [6.45, 7) is 3.14. The predicted octanol–water partition coefficient (Wildman–Crippen LogP) is 4.22. The number of amides is 1. The van der Waals surface area contributed by atoms with Crippen molar-refractivity contribution in [2.24, 2.45) is 0 Å². The van der Waals surface area contributed by atoms with Crippen LogP contribution in [0.15, 0.2) is 67.1 Å². The number of piperazine rings is 1. The van der Waals surface area contributed by atoms with E-state index < -0.39 is 0 Å². The number of H-pyrrole nitrogens is 1. The number of carbonyl (C=O) groups excluding carboxylic acids is 1. The maximum absolute atomic E-state index is 13.8. The Morgan fingerprint density at radius 1 is 1.03 bits per heavy atom. The van der Waals surface area contributed by atoms with Crippen LogP contribution in [0.25, 0.3) is 0 Å². The van der Waals surface area contributed by atoms with E-state index in [1.54, 1.807) is 6.33 Å². The van der Waals surface area contributed by atoms with Crippen LogP contribution in [0.5, 0.6) is 0 Å². The number of aromatic amines is 1. The Hall–Kier alpha value is -3.43. The van der Waals surface area contributed by atoms with Gasteiger partial charge in [-0.25, -0.2) is 4.98 Å². The number of nitrogens with zero attached hydrogens (tertiary/aromatic N) is 4. The SMILES string of the molecule is N#Cc1ccc(CC(c2cnc[nH]2)N2CCN(C(=O)C3(c4ccccc4)CCCC3)CC2)cc1. The summed E-state index contributed by atoms with van der Waals surface area (Å²) in [7, 11) is 0. The number of imidazole rings is 1. The normalized spacial score (nSPS) is 19.0. The molecule has 1 aromatic heterocycles. The number of hydrogen-bond acceptors (Lipinski definition) is 4. The van der Waals surface area contributed by atoms with E-state index >= 15 is 0 Å². The molecule has 1 saturated heterocycles. The Bertz CT molecular complexity index is 1120. The van der Waals surface area contributed by atoms with E-state index in [9.17, 15) is 4.79 Å². The molecule has 6 heteroatoms. The molecule has 1 saturated carbocycles. The zero-order valence-corrected chi connectivity index (χ0v) is 19.5. The smallest absolute Gasteiger partial charge is 0.233 e. The predicted molar refractivity (Wildman–Crippen MR) is 131 cm³/mol. The Morgan fingerprint density at radius 3 is 2.35 bits per heavy atom. The molecule has 1 amide bonds. The van der Waals surface area contributed by atoms with Crippen LogP contribution >= 0.6 is 0 Å². The van der Waals surface area contributed by atoms with Gasteiger partial charge < -0.3 is 9.88 Å². The summed E-state index contributed by atoms with van der Waals surface area (Å²) in [4.78, 5) is 26.0. The summed E-state index contributed by atoms with van der Waals surface area (Å²) >= 11 is 0. The Labute approximate surface area is 201 Å². The average Bonchev–Trinajstić information content (AvgIpc) is 3.61. The van der Waals surface area contributed by atoms with Gasteiger partial charge in [0, 0.05) is 32.4 Å². The zero-order valence-electron chi connectivity index (χ0n) is 19.5. The molecular weight excluding hydrogens is 422 g/mol. The van der Waals surface area contributed by atoms with E-state index in [-0.39, 0.29) is 11.5 Å². The summed E-state index contributed by atoms with van der Waals surface area (Å²) in [6.07, 6.45) is 8.59. The lowest BCUT2D eigenvalue weighted by atomic mass is 9.77. The van der Waals surface area contributed by atoms with Crippen LogP contribution in [-0.2, 0) is 16.6 Å². The Balaban J connectivity index is 1.30. The number of benzene rings is 2. The highest BCUT2D eigenvalue weighted by molar-refractivity contribution is 5.88. The fourth-order valence-electron chi connectivity index (χ4n) is 5.72. The number of nitriles is 1. The van der Waals surface area contributed by atoms with Crippen LogP contribution < -0.4 is 0 Å². The fourth-order valence-corrected chi connectivity index (χ4v) is 5.72. The molecule has 6 nitrogen and oxygen atoms in total. The molecule has 2 aromatic carbocycles. The lowest BCUT2D eigenvalue weighted by Gasteiger charge is -2.42. The molecule has 2 aliphatic rings. The van der Waals surface area contributed by atoms with Gasteiger partial charge in [-0.15, -0.1) is 0 Å². The number of hydrogen-bond donors (Lipinski definition) is 1.